The van der Waals surface area contributed by atoms with Gasteiger partial charge in [-0.1, -0.05) is 42.5 Å². The third-order valence-electron chi connectivity index (χ3n) is 8.78. The SMILES string of the molecule is COc1cc(OC)cc(C(=O)N[C@@H]2[C@H](O)[C@@H](CO)O[C@H]2n2cnc3c(NCCc4c[nH]c5c(OCc6ccccc6)cccc45)ncnc32)c1. The number of anilines is 1. The molecule has 0 bridgehead atoms. The number of aromatic amines is 1. The molecule has 258 valence electrons. The molecular formula is C36H37N7O7. The van der Waals surface area contributed by atoms with Crippen molar-refractivity contribution in [2.45, 2.75) is 37.5 Å². The van der Waals surface area contributed by atoms with E-state index >= 15 is 0 Å². The summed E-state index contributed by atoms with van der Waals surface area (Å²) in [6.45, 7) is 0.567. The zero-order chi connectivity index (χ0) is 34.6. The van der Waals surface area contributed by atoms with Gasteiger partial charge >= 0.3 is 0 Å². The number of carbonyl (C=O) groups excluding carboxylic acids is 1. The smallest absolute Gasteiger partial charge is 0.252 e. The molecule has 0 saturated carbocycles. The normalized spacial score (nSPS) is 18.7. The van der Waals surface area contributed by atoms with Gasteiger partial charge in [0.25, 0.3) is 5.91 Å². The Labute approximate surface area is 287 Å². The molecule has 1 aliphatic heterocycles. The molecule has 0 radical (unpaired) electrons. The fourth-order valence-electron chi connectivity index (χ4n) is 6.19. The highest BCUT2D eigenvalue weighted by atomic mass is 16.5. The summed E-state index contributed by atoms with van der Waals surface area (Å²) in [5.41, 5.74) is 4.31. The lowest BCUT2D eigenvalue weighted by molar-refractivity contribution is -0.0440. The lowest BCUT2D eigenvalue weighted by Gasteiger charge is -2.23. The average Bonchev–Trinajstić information content (AvgIpc) is 3.86. The van der Waals surface area contributed by atoms with Crippen LogP contribution in [0.4, 0.5) is 5.82 Å². The zero-order valence-corrected chi connectivity index (χ0v) is 27.4. The second-order valence-corrected chi connectivity index (χ2v) is 11.8. The zero-order valence-electron chi connectivity index (χ0n) is 27.4. The van der Waals surface area contributed by atoms with Crippen LogP contribution in [0.15, 0.2) is 85.6 Å². The van der Waals surface area contributed by atoms with Crippen molar-refractivity contribution >= 4 is 33.8 Å². The summed E-state index contributed by atoms with van der Waals surface area (Å²) in [7, 11) is 2.98. The van der Waals surface area contributed by atoms with Crippen LogP contribution in [0.1, 0.15) is 27.7 Å². The molecule has 5 N–H and O–H groups in total. The first-order chi connectivity index (χ1) is 24.5. The standard InChI is InChI=1S/C36H37N7O7/c1-47-24-13-23(14-25(15-24)48-2)35(46)42-30-32(45)28(17-44)50-36(30)43-20-41-31-33(39-19-40-34(31)43)37-12-11-22-16-38-29-26(22)9-6-10-27(29)49-18-21-7-4-3-5-8-21/h3-10,13-16,19-20,28,30,32,36,38,44-45H,11-12,17-18H2,1-2H3,(H,42,46)(H,37,39,40)/t28-,30-,32-,36-/m1/s1. The molecule has 3 aromatic heterocycles. The minimum absolute atomic E-state index is 0.259. The highest BCUT2D eigenvalue weighted by molar-refractivity contribution is 5.95. The van der Waals surface area contributed by atoms with E-state index in [-0.39, 0.29) is 5.56 Å². The summed E-state index contributed by atoms with van der Waals surface area (Å²) in [4.78, 5) is 30.2. The van der Waals surface area contributed by atoms with Gasteiger partial charge in [-0.3, -0.25) is 9.36 Å². The Morgan fingerprint density at radius 3 is 2.58 bits per heavy atom. The molecule has 1 aliphatic rings. The van der Waals surface area contributed by atoms with Gasteiger partial charge in [-0.2, -0.15) is 0 Å². The molecule has 14 nitrogen and oxygen atoms in total. The quantitative estimate of drug-likeness (QED) is 0.121. The number of carbonyl (C=O) groups is 1. The van der Waals surface area contributed by atoms with Crippen molar-refractivity contribution in [2.24, 2.45) is 0 Å². The van der Waals surface area contributed by atoms with Crippen molar-refractivity contribution in [2.75, 3.05) is 32.7 Å². The second kappa shape index (κ2) is 14.4. The van der Waals surface area contributed by atoms with E-state index in [0.717, 1.165) is 27.8 Å². The molecular weight excluding hydrogens is 642 g/mol. The number of nitrogens with one attached hydrogen (secondary N) is 3. The van der Waals surface area contributed by atoms with Gasteiger partial charge < -0.3 is 44.8 Å². The first kappa shape index (κ1) is 32.8. The van der Waals surface area contributed by atoms with Crippen molar-refractivity contribution in [3.63, 3.8) is 0 Å². The van der Waals surface area contributed by atoms with E-state index in [0.29, 0.717) is 48.1 Å². The number of nitrogens with zero attached hydrogens (tertiary/aromatic N) is 4. The van der Waals surface area contributed by atoms with Crippen LogP contribution in [-0.4, -0.2) is 86.2 Å². The number of rotatable bonds is 13. The van der Waals surface area contributed by atoms with Crippen molar-refractivity contribution in [1.29, 1.82) is 0 Å². The maximum Gasteiger partial charge on any atom is 0.252 e. The van der Waals surface area contributed by atoms with Gasteiger partial charge in [-0.05, 0) is 35.7 Å². The van der Waals surface area contributed by atoms with E-state index in [2.05, 4.69) is 36.6 Å². The maximum atomic E-state index is 13.4. The summed E-state index contributed by atoms with van der Waals surface area (Å²) < 4.78 is 24.4. The summed E-state index contributed by atoms with van der Waals surface area (Å²) in [5, 5.41) is 28.3. The Balaban J connectivity index is 1.07. The van der Waals surface area contributed by atoms with Gasteiger partial charge in [-0.25, -0.2) is 15.0 Å². The lowest BCUT2D eigenvalue weighted by Crippen LogP contribution is -2.46. The van der Waals surface area contributed by atoms with Gasteiger partial charge in [-0.15, -0.1) is 0 Å². The predicted octanol–water partition coefficient (Wildman–Crippen LogP) is 3.61. The van der Waals surface area contributed by atoms with Crippen LogP contribution in [0.5, 0.6) is 17.2 Å². The average molecular weight is 680 g/mol. The van der Waals surface area contributed by atoms with Gasteiger partial charge in [0.05, 0.1) is 32.7 Å². The topological polar surface area (TPSA) is 178 Å². The van der Waals surface area contributed by atoms with E-state index < -0.39 is 37.0 Å². The molecule has 3 aromatic carbocycles. The number of hydrogen-bond donors (Lipinski definition) is 5. The van der Waals surface area contributed by atoms with Gasteiger partial charge in [0, 0.05) is 29.8 Å². The van der Waals surface area contributed by atoms with Crippen LogP contribution in [0.3, 0.4) is 0 Å². The number of fused-ring (bicyclic) bond motifs is 2. The molecule has 0 spiro atoms. The molecule has 14 heteroatoms. The van der Waals surface area contributed by atoms with Crippen LogP contribution < -0.4 is 24.8 Å². The highest BCUT2D eigenvalue weighted by Gasteiger charge is 2.46. The van der Waals surface area contributed by atoms with Crippen molar-refractivity contribution < 1.29 is 34.0 Å². The fraction of sp³-hybridized carbons (Fsp3) is 0.278. The van der Waals surface area contributed by atoms with Crippen molar-refractivity contribution in [3.8, 4) is 17.2 Å². The summed E-state index contributed by atoms with van der Waals surface area (Å²) in [5.74, 6) is 1.67. The summed E-state index contributed by atoms with van der Waals surface area (Å²) >= 11 is 0. The molecule has 4 heterocycles. The molecule has 1 saturated heterocycles. The van der Waals surface area contributed by atoms with Gasteiger partial charge in [0.1, 0.15) is 48.4 Å². The number of para-hydroxylation sites is 1. The number of aromatic nitrogens is 5. The number of H-pyrrole nitrogens is 1. The molecule has 1 amide bonds. The van der Waals surface area contributed by atoms with E-state index in [1.54, 1.807) is 22.8 Å². The van der Waals surface area contributed by atoms with E-state index in [1.165, 1.54) is 26.9 Å². The van der Waals surface area contributed by atoms with Crippen molar-refractivity contribution in [1.82, 2.24) is 29.8 Å². The molecule has 1 fully saturated rings. The number of methoxy groups -OCH3 is 2. The van der Waals surface area contributed by atoms with Gasteiger partial charge in [0.15, 0.2) is 23.2 Å². The Bertz CT molecular complexity index is 2080. The number of aliphatic hydroxyl groups is 2. The number of hydrogen-bond acceptors (Lipinski definition) is 11. The number of amides is 1. The van der Waals surface area contributed by atoms with Crippen LogP contribution in [-0.2, 0) is 17.8 Å². The van der Waals surface area contributed by atoms with E-state index in [1.807, 2.05) is 48.7 Å². The second-order valence-electron chi connectivity index (χ2n) is 11.8. The third-order valence-corrected chi connectivity index (χ3v) is 8.78. The molecule has 6 aromatic rings. The molecule has 50 heavy (non-hydrogen) atoms. The minimum Gasteiger partial charge on any atom is -0.497 e. The molecule has 0 aliphatic carbocycles. The number of imidazole rings is 1. The molecule has 7 rings (SSSR count). The Morgan fingerprint density at radius 2 is 1.82 bits per heavy atom. The minimum atomic E-state index is -1.22. The summed E-state index contributed by atoms with van der Waals surface area (Å²) in [6, 6.07) is 19.9. The largest absolute Gasteiger partial charge is 0.497 e. The lowest BCUT2D eigenvalue weighted by atomic mass is 10.1. The fourth-order valence-corrected chi connectivity index (χ4v) is 6.19. The Hall–Kier alpha value is -5.70. The number of aliphatic hydroxyl groups excluding tert-OH is 2. The first-order valence-corrected chi connectivity index (χ1v) is 16.1. The molecule has 4 atom stereocenters. The number of ether oxygens (including phenoxy) is 4. The van der Waals surface area contributed by atoms with Crippen molar-refractivity contribution in [3.05, 3.63) is 102 Å². The Kier molecular flexibility index (Phi) is 9.47. The van der Waals surface area contributed by atoms with Gasteiger partial charge in [0.2, 0.25) is 0 Å². The van der Waals surface area contributed by atoms with Crippen LogP contribution >= 0.6 is 0 Å². The van der Waals surface area contributed by atoms with E-state index in [9.17, 15) is 15.0 Å². The number of benzene rings is 3. The maximum absolute atomic E-state index is 13.4. The monoisotopic (exact) mass is 679 g/mol. The van der Waals surface area contributed by atoms with E-state index in [4.69, 9.17) is 18.9 Å². The van der Waals surface area contributed by atoms with Crippen LogP contribution in [0, 0.1) is 0 Å². The summed E-state index contributed by atoms with van der Waals surface area (Å²) in [6.07, 6.45) is 2.50. The van der Waals surface area contributed by atoms with Crippen LogP contribution in [0.25, 0.3) is 22.1 Å². The Morgan fingerprint density at radius 1 is 1.02 bits per heavy atom. The highest BCUT2D eigenvalue weighted by Crippen LogP contribution is 2.33. The first-order valence-electron chi connectivity index (χ1n) is 16.1. The predicted molar refractivity (Wildman–Crippen MR) is 184 cm³/mol. The third kappa shape index (κ3) is 6.51. The molecule has 0 unspecified atom stereocenters. The van der Waals surface area contributed by atoms with Crippen LogP contribution in [0.2, 0.25) is 0 Å².